The molecule has 3 aromatic carbocycles. The minimum Gasteiger partial charge on any atom is -0.497 e. The number of nitrogens with one attached hydrogen (secondary N) is 5. The standard InChI is InChI=1S/C24H27N5O4/c1-31-20-12-18(13-21(14-20)32-2)26-24(30)22-23(28-29-27-22)25-17-8-10-19(11-9-17)33-15-16-6-4-3-5-7-16/h3-14,22-23,25,27-29H,15H2,1-2H3,(H,26,30). The van der Waals surface area contributed by atoms with E-state index in [9.17, 15) is 4.79 Å². The molecule has 0 radical (unpaired) electrons. The van der Waals surface area contributed by atoms with Crippen molar-refractivity contribution in [1.82, 2.24) is 16.4 Å². The summed E-state index contributed by atoms with van der Waals surface area (Å²) in [6.45, 7) is 0.503. The minimum atomic E-state index is -0.587. The number of amides is 1. The zero-order chi connectivity index (χ0) is 23.0. The van der Waals surface area contributed by atoms with Gasteiger partial charge in [0.25, 0.3) is 0 Å². The van der Waals surface area contributed by atoms with E-state index in [1.807, 2.05) is 54.6 Å². The van der Waals surface area contributed by atoms with Crippen molar-refractivity contribution < 1.29 is 19.0 Å². The van der Waals surface area contributed by atoms with Crippen molar-refractivity contribution >= 4 is 17.3 Å². The lowest BCUT2D eigenvalue weighted by atomic mass is 10.2. The summed E-state index contributed by atoms with van der Waals surface area (Å²) in [6, 6.07) is 22.2. The van der Waals surface area contributed by atoms with Crippen LogP contribution in [-0.2, 0) is 11.4 Å². The van der Waals surface area contributed by atoms with Crippen molar-refractivity contribution in [2.24, 2.45) is 0 Å². The lowest BCUT2D eigenvalue weighted by molar-refractivity contribution is -0.118. The summed E-state index contributed by atoms with van der Waals surface area (Å²) in [5, 5.41) is 6.19. The summed E-state index contributed by atoms with van der Waals surface area (Å²) >= 11 is 0. The van der Waals surface area contributed by atoms with Gasteiger partial charge < -0.3 is 24.8 Å². The first-order chi connectivity index (χ1) is 16.1. The van der Waals surface area contributed by atoms with Crippen LogP contribution in [0, 0.1) is 0 Å². The van der Waals surface area contributed by atoms with Crippen LogP contribution in [0.15, 0.2) is 72.8 Å². The Bertz CT molecular complexity index is 1040. The van der Waals surface area contributed by atoms with E-state index in [0.717, 1.165) is 17.0 Å². The van der Waals surface area contributed by atoms with E-state index in [2.05, 4.69) is 27.0 Å². The Morgan fingerprint density at radius 2 is 1.55 bits per heavy atom. The number of rotatable bonds is 9. The van der Waals surface area contributed by atoms with E-state index in [1.165, 1.54) is 0 Å². The Balaban J connectivity index is 1.35. The van der Waals surface area contributed by atoms with Gasteiger partial charge in [-0.1, -0.05) is 30.3 Å². The lowest BCUT2D eigenvalue weighted by Gasteiger charge is -2.20. The van der Waals surface area contributed by atoms with Gasteiger partial charge in [-0.3, -0.25) is 4.79 Å². The molecule has 0 bridgehead atoms. The number of ether oxygens (including phenoxy) is 3. The molecule has 9 heteroatoms. The van der Waals surface area contributed by atoms with Crippen molar-refractivity contribution in [3.8, 4) is 17.2 Å². The monoisotopic (exact) mass is 449 g/mol. The first-order valence-corrected chi connectivity index (χ1v) is 10.5. The Labute approximate surface area is 192 Å². The summed E-state index contributed by atoms with van der Waals surface area (Å²) in [4.78, 5) is 12.9. The van der Waals surface area contributed by atoms with Crippen LogP contribution < -0.4 is 41.2 Å². The Hall–Kier alpha value is -3.79. The third kappa shape index (κ3) is 5.92. The van der Waals surface area contributed by atoms with Gasteiger partial charge in [0, 0.05) is 29.6 Å². The highest BCUT2D eigenvalue weighted by Crippen LogP contribution is 2.26. The number of carbonyl (C=O) groups is 1. The van der Waals surface area contributed by atoms with Gasteiger partial charge in [0.2, 0.25) is 5.91 Å². The fourth-order valence-corrected chi connectivity index (χ4v) is 3.37. The molecule has 1 heterocycles. The van der Waals surface area contributed by atoms with Crippen molar-refractivity contribution in [3.05, 3.63) is 78.4 Å². The molecule has 0 aromatic heterocycles. The zero-order valence-corrected chi connectivity index (χ0v) is 18.4. The molecule has 172 valence electrons. The van der Waals surface area contributed by atoms with E-state index in [0.29, 0.717) is 23.8 Å². The van der Waals surface area contributed by atoms with Crippen LogP contribution in [0.3, 0.4) is 0 Å². The van der Waals surface area contributed by atoms with Crippen LogP contribution >= 0.6 is 0 Å². The van der Waals surface area contributed by atoms with Crippen molar-refractivity contribution in [2.75, 3.05) is 24.9 Å². The predicted octanol–water partition coefficient (Wildman–Crippen LogP) is 2.64. The second-order valence-electron chi connectivity index (χ2n) is 7.40. The van der Waals surface area contributed by atoms with Gasteiger partial charge >= 0.3 is 0 Å². The molecule has 1 saturated heterocycles. The number of hydrogen-bond acceptors (Lipinski definition) is 8. The second-order valence-corrected chi connectivity index (χ2v) is 7.40. The summed E-state index contributed by atoms with van der Waals surface area (Å²) < 4.78 is 16.4. The first kappa shape index (κ1) is 22.4. The number of anilines is 2. The number of hydrazine groups is 2. The third-order valence-corrected chi connectivity index (χ3v) is 5.11. The lowest BCUT2D eigenvalue weighted by Crippen LogP contribution is -2.47. The number of hydrogen-bond donors (Lipinski definition) is 5. The van der Waals surface area contributed by atoms with E-state index < -0.39 is 12.2 Å². The quantitative estimate of drug-likeness (QED) is 0.340. The van der Waals surface area contributed by atoms with Crippen LogP contribution in [0.5, 0.6) is 17.2 Å². The summed E-state index contributed by atoms with van der Waals surface area (Å²) in [5.41, 5.74) is 11.3. The molecule has 1 amide bonds. The predicted molar refractivity (Wildman–Crippen MR) is 126 cm³/mol. The van der Waals surface area contributed by atoms with Crippen LogP contribution in [0.2, 0.25) is 0 Å². The largest absolute Gasteiger partial charge is 0.497 e. The van der Waals surface area contributed by atoms with Crippen molar-refractivity contribution in [2.45, 2.75) is 18.8 Å². The van der Waals surface area contributed by atoms with Crippen LogP contribution in [0.25, 0.3) is 0 Å². The molecular formula is C24H27N5O4. The molecule has 0 saturated carbocycles. The van der Waals surface area contributed by atoms with Gasteiger partial charge in [0.1, 0.15) is 36.1 Å². The topological polar surface area (TPSA) is 105 Å². The second kappa shape index (κ2) is 10.7. The minimum absolute atomic E-state index is 0.233. The van der Waals surface area contributed by atoms with E-state index >= 15 is 0 Å². The summed E-state index contributed by atoms with van der Waals surface area (Å²) in [5.74, 6) is 1.71. The van der Waals surface area contributed by atoms with Gasteiger partial charge in [-0.2, -0.15) is 5.53 Å². The third-order valence-electron chi connectivity index (χ3n) is 5.11. The number of carbonyl (C=O) groups excluding carboxylic acids is 1. The van der Waals surface area contributed by atoms with Gasteiger partial charge in [-0.05, 0) is 29.8 Å². The first-order valence-electron chi connectivity index (χ1n) is 10.5. The molecule has 1 aliphatic rings. The zero-order valence-electron chi connectivity index (χ0n) is 18.4. The Morgan fingerprint density at radius 1 is 0.848 bits per heavy atom. The summed E-state index contributed by atoms with van der Waals surface area (Å²) in [6.07, 6.45) is -0.395. The highest BCUT2D eigenvalue weighted by Gasteiger charge is 2.33. The van der Waals surface area contributed by atoms with Crippen LogP contribution in [-0.4, -0.2) is 32.3 Å². The Kier molecular flexibility index (Phi) is 7.26. The van der Waals surface area contributed by atoms with Crippen molar-refractivity contribution in [1.29, 1.82) is 0 Å². The number of benzene rings is 3. The molecule has 1 aliphatic heterocycles. The molecule has 1 fully saturated rings. The normalized spacial score (nSPS) is 17.3. The Morgan fingerprint density at radius 3 is 2.21 bits per heavy atom. The molecule has 3 aromatic rings. The average molecular weight is 450 g/mol. The number of methoxy groups -OCH3 is 2. The molecule has 9 nitrogen and oxygen atoms in total. The van der Waals surface area contributed by atoms with Crippen molar-refractivity contribution in [3.63, 3.8) is 0 Å². The molecule has 4 rings (SSSR count). The maximum Gasteiger partial charge on any atom is 0.246 e. The van der Waals surface area contributed by atoms with Gasteiger partial charge in [-0.25, -0.2) is 10.9 Å². The summed E-state index contributed by atoms with van der Waals surface area (Å²) in [7, 11) is 3.12. The molecule has 5 N–H and O–H groups in total. The van der Waals surface area contributed by atoms with Gasteiger partial charge in [0.05, 0.1) is 14.2 Å². The van der Waals surface area contributed by atoms with E-state index in [4.69, 9.17) is 14.2 Å². The maximum absolute atomic E-state index is 12.9. The molecule has 2 atom stereocenters. The average Bonchev–Trinajstić information content (AvgIpc) is 3.32. The SMILES string of the molecule is COc1cc(NC(=O)C2NNNC2Nc2ccc(OCc3ccccc3)cc2)cc(OC)c1. The molecule has 0 spiro atoms. The van der Waals surface area contributed by atoms with Gasteiger partial charge in [-0.15, -0.1) is 0 Å². The maximum atomic E-state index is 12.9. The van der Waals surface area contributed by atoms with E-state index in [1.54, 1.807) is 32.4 Å². The molecular weight excluding hydrogens is 422 g/mol. The van der Waals surface area contributed by atoms with E-state index in [-0.39, 0.29) is 5.91 Å². The fourth-order valence-electron chi connectivity index (χ4n) is 3.37. The molecule has 2 unspecified atom stereocenters. The fraction of sp³-hybridized carbons (Fsp3) is 0.208. The van der Waals surface area contributed by atoms with Crippen LogP contribution in [0.1, 0.15) is 5.56 Å². The highest BCUT2D eigenvalue weighted by atomic mass is 16.5. The molecule has 33 heavy (non-hydrogen) atoms. The van der Waals surface area contributed by atoms with Gasteiger partial charge in [0.15, 0.2) is 0 Å². The highest BCUT2D eigenvalue weighted by molar-refractivity contribution is 5.96. The smallest absolute Gasteiger partial charge is 0.246 e. The van der Waals surface area contributed by atoms with Crippen LogP contribution in [0.4, 0.5) is 11.4 Å². The molecule has 0 aliphatic carbocycles.